The molecular formula is C10H22N2. The van der Waals surface area contributed by atoms with Gasteiger partial charge in [-0.2, -0.15) is 0 Å². The second-order valence-electron chi connectivity index (χ2n) is 4.04. The summed E-state index contributed by atoms with van der Waals surface area (Å²) in [5.74, 6) is 0. The van der Waals surface area contributed by atoms with Crippen LogP contribution in [0.25, 0.3) is 0 Å². The standard InChI is InChI=1S/C10H22N2/c1-4-7-12(3)10-6-5-8-11(2)9-10/h10H,4-9H2,1-3H3. The van der Waals surface area contributed by atoms with Crippen LogP contribution in [-0.4, -0.2) is 49.6 Å². The Bertz CT molecular complexity index is 125. The van der Waals surface area contributed by atoms with E-state index in [9.17, 15) is 0 Å². The van der Waals surface area contributed by atoms with Crippen molar-refractivity contribution in [3.63, 3.8) is 0 Å². The average Bonchev–Trinajstić information content (AvgIpc) is 2.05. The van der Waals surface area contributed by atoms with E-state index in [0.717, 1.165) is 6.04 Å². The lowest BCUT2D eigenvalue weighted by Gasteiger charge is -2.35. The topological polar surface area (TPSA) is 6.48 Å². The Morgan fingerprint density at radius 2 is 2.25 bits per heavy atom. The van der Waals surface area contributed by atoms with Gasteiger partial charge >= 0.3 is 0 Å². The number of hydrogen-bond donors (Lipinski definition) is 0. The predicted molar refractivity (Wildman–Crippen MR) is 53.4 cm³/mol. The SMILES string of the molecule is CCCN(C)C1CCCN(C)C1. The van der Waals surface area contributed by atoms with Crippen LogP contribution in [0, 0.1) is 0 Å². The Balaban J connectivity index is 2.29. The molecule has 0 bridgehead atoms. The minimum absolute atomic E-state index is 0.809. The second-order valence-corrected chi connectivity index (χ2v) is 4.04. The monoisotopic (exact) mass is 170 g/mol. The number of hydrogen-bond acceptors (Lipinski definition) is 2. The molecule has 0 aliphatic carbocycles. The summed E-state index contributed by atoms with van der Waals surface area (Å²) in [6, 6.07) is 0.809. The van der Waals surface area contributed by atoms with Crippen molar-refractivity contribution in [3.05, 3.63) is 0 Å². The van der Waals surface area contributed by atoms with Gasteiger partial charge in [-0.1, -0.05) is 6.92 Å². The minimum atomic E-state index is 0.809. The second kappa shape index (κ2) is 4.83. The molecule has 0 radical (unpaired) electrons. The van der Waals surface area contributed by atoms with E-state index in [1.165, 1.54) is 38.9 Å². The number of likely N-dealkylation sites (N-methyl/N-ethyl adjacent to an activating group) is 2. The molecule has 0 aromatic heterocycles. The molecule has 1 aliphatic rings. The Morgan fingerprint density at radius 3 is 2.83 bits per heavy atom. The summed E-state index contributed by atoms with van der Waals surface area (Å²) in [5, 5.41) is 0. The van der Waals surface area contributed by atoms with E-state index in [1.54, 1.807) is 0 Å². The van der Waals surface area contributed by atoms with Crippen LogP contribution in [0.2, 0.25) is 0 Å². The molecule has 1 rings (SSSR count). The quantitative estimate of drug-likeness (QED) is 0.632. The van der Waals surface area contributed by atoms with Crippen LogP contribution in [0.15, 0.2) is 0 Å². The van der Waals surface area contributed by atoms with Gasteiger partial charge in [0.15, 0.2) is 0 Å². The third-order valence-electron chi connectivity index (χ3n) is 2.80. The predicted octanol–water partition coefficient (Wildman–Crippen LogP) is 1.42. The molecular weight excluding hydrogens is 148 g/mol. The van der Waals surface area contributed by atoms with Crippen molar-refractivity contribution in [2.45, 2.75) is 32.2 Å². The van der Waals surface area contributed by atoms with Crippen LogP contribution >= 0.6 is 0 Å². The maximum atomic E-state index is 2.51. The Morgan fingerprint density at radius 1 is 1.50 bits per heavy atom. The largest absolute Gasteiger partial charge is 0.305 e. The van der Waals surface area contributed by atoms with Crippen molar-refractivity contribution in [1.29, 1.82) is 0 Å². The zero-order valence-electron chi connectivity index (χ0n) is 8.71. The first kappa shape index (κ1) is 10.0. The number of likely N-dealkylation sites (tertiary alicyclic amines) is 1. The van der Waals surface area contributed by atoms with E-state index in [2.05, 4.69) is 30.8 Å². The fraction of sp³-hybridized carbons (Fsp3) is 1.00. The van der Waals surface area contributed by atoms with Gasteiger partial charge in [0, 0.05) is 12.6 Å². The van der Waals surface area contributed by atoms with Crippen molar-refractivity contribution >= 4 is 0 Å². The van der Waals surface area contributed by atoms with Crippen LogP contribution in [0.5, 0.6) is 0 Å². The van der Waals surface area contributed by atoms with Crippen molar-refractivity contribution in [1.82, 2.24) is 9.80 Å². The van der Waals surface area contributed by atoms with Gasteiger partial charge in [0.05, 0.1) is 0 Å². The van der Waals surface area contributed by atoms with Gasteiger partial charge in [-0.15, -0.1) is 0 Å². The van der Waals surface area contributed by atoms with Gasteiger partial charge in [-0.25, -0.2) is 0 Å². The Labute approximate surface area is 76.5 Å². The van der Waals surface area contributed by atoms with Gasteiger partial charge in [-0.3, -0.25) is 0 Å². The zero-order chi connectivity index (χ0) is 8.97. The molecule has 1 saturated heterocycles. The molecule has 1 aliphatic heterocycles. The van der Waals surface area contributed by atoms with Crippen LogP contribution in [0.1, 0.15) is 26.2 Å². The molecule has 12 heavy (non-hydrogen) atoms. The van der Waals surface area contributed by atoms with Crippen LogP contribution in [0.4, 0.5) is 0 Å². The van der Waals surface area contributed by atoms with Gasteiger partial charge in [0.2, 0.25) is 0 Å². The maximum absolute atomic E-state index is 2.51. The van der Waals surface area contributed by atoms with Crippen molar-refractivity contribution < 1.29 is 0 Å². The third kappa shape index (κ3) is 2.76. The van der Waals surface area contributed by atoms with E-state index >= 15 is 0 Å². The van der Waals surface area contributed by atoms with Gasteiger partial charge in [0.1, 0.15) is 0 Å². The summed E-state index contributed by atoms with van der Waals surface area (Å²) in [7, 11) is 4.49. The lowest BCUT2D eigenvalue weighted by Crippen LogP contribution is -2.45. The summed E-state index contributed by atoms with van der Waals surface area (Å²) in [6.45, 7) is 6.05. The molecule has 0 spiro atoms. The summed E-state index contributed by atoms with van der Waals surface area (Å²) in [4.78, 5) is 4.95. The van der Waals surface area contributed by atoms with Crippen LogP contribution in [0.3, 0.4) is 0 Å². The highest BCUT2D eigenvalue weighted by Crippen LogP contribution is 2.13. The van der Waals surface area contributed by atoms with E-state index < -0.39 is 0 Å². The zero-order valence-corrected chi connectivity index (χ0v) is 8.71. The molecule has 0 amide bonds. The Kier molecular flexibility index (Phi) is 4.02. The highest BCUT2D eigenvalue weighted by Gasteiger charge is 2.19. The summed E-state index contributed by atoms with van der Waals surface area (Å²) in [6.07, 6.45) is 4.03. The molecule has 2 heteroatoms. The number of rotatable bonds is 3. The van der Waals surface area contributed by atoms with Crippen molar-refractivity contribution in [2.24, 2.45) is 0 Å². The minimum Gasteiger partial charge on any atom is -0.305 e. The fourth-order valence-corrected chi connectivity index (χ4v) is 2.03. The Hall–Kier alpha value is -0.0800. The van der Waals surface area contributed by atoms with Crippen LogP contribution < -0.4 is 0 Å². The van der Waals surface area contributed by atoms with E-state index in [-0.39, 0.29) is 0 Å². The smallest absolute Gasteiger partial charge is 0.0220 e. The normalized spacial score (nSPS) is 26.5. The fourth-order valence-electron chi connectivity index (χ4n) is 2.03. The van der Waals surface area contributed by atoms with Crippen molar-refractivity contribution in [3.8, 4) is 0 Å². The number of nitrogens with zero attached hydrogens (tertiary/aromatic N) is 2. The molecule has 0 N–H and O–H groups in total. The average molecular weight is 170 g/mol. The third-order valence-corrected chi connectivity index (χ3v) is 2.80. The summed E-state index contributed by atoms with van der Waals surface area (Å²) in [5.41, 5.74) is 0. The molecule has 0 aromatic rings. The molecule has 1 heterocycles. The number of piperidine rings is 1. The van der Waals surface area contributed by atoms with E-state index in [0.29, 0.717) is 0 Å². The molecule has 2 nitrogen and oxygen atoms in total. The first-order chi connectivity index (χ1) is 5.74. The van der Waals surface area contributed by atoms with Gasteiger partial charge in [-0.05, 0) is 46.4 Å². The van der Waals surface area contributed by atoms with E-state index in [4.69, 9.17) is 0 Å². The van der Waals surface area contributed by atoms with Crippen LogP contribution in [-0.2, 0) is 0 Å². The molecule has 0 saturated carbocycles. The maximum Gasteiger partial charge on any atom is 0.0220 e. The first-order valence-electron chi connectivity index (χ1n) is 5.12. The summed E-state index contributed by atoms with van der Waals surface area (Å²) < 4.78 is 0. The van der Waals surface area contributed by atoms with Gasteiger partial charge < -0.3 is 9.80 Å². The highest BCUT2D eigenvalue weighted by molar-refractivity contribution is 4.77. The molecule has 1 unspecified atom stereocenters. The van der Waals surface area contributed by atoms with Crippen molar-refractivity contribution in [2.75, 3.05) is 33.7 Å². The summed E-state index contributed by atoms with van der Waals surface area (Å²) >= 11 is 0. The van der Waals surface area contributed by atoms with E-state index in [1.807, 2.05) is 0 Å². The van der Waals surface area contributed by atoms with Gasteiger partial charge in [0.25, 0.3) is 0 Å². The molecule has 1 atom stereocenters. The molecule has 72 valence electrons. The lowest BCUT2D eigenvalue weighted by molar-refractivity contribution is 0.135. The highest BCUT2D eigenvalue weighted by atomic mass is 15.2. The lowest BCUT2D eigenvalue weighted by atomic mass is 10.1. The first-order valence-corrected chi connectivity index (χ1v) is 5.12. The molecule has 1 fully saturated rings. The molecule has 0 aromatic carbocycles.